The molecule has 82 valence electrons. The highest BCUT2D eigenvalue weighted by atomic mass is 16.4. The van der Waals surface area contributed by atoms with Crippen molar-refractivity contribution in [2.24, 2.45) is 10.9 Å². The molecule has 0 spiro atoms. The Hall–Kier alpha value is -2.30. The van der Waals surface area contributed by atoms with Crippen molar-refractivity contribution >= 4 is 5.84 Å². The maximum Gasteiger partial charge on any atom is 0.188 e. The number of hydrogen-bond donors (Lipinski definition) is 2. The van der Waals surface area contributed by atoms with Gasteiger partial charge >= 0.3 is 0 Å². The van der Waals surface area contributed by atoms with Crippen LogP contribution >= 0.6 is 0 Å². The average Bonchev–Trinajstić information content (AvgIpc) is 2.77. The van der Waals surface area contributed by atoms with Gasteiger partial charge in [0.05, 0.1) is 6.54 Å². The van der Waals surface area contributed by atoms with E-state index >= 15 is 0 Å². The summed E-state index contributed by atoms with van der Waals surface area (Å²) in [5, 5.41) is 15.7. The lowest BCUT2D eigenvalue weighted by Crippen LogP contribution is -2.19. The Labute approximate surface area is 92.8 Å². The number of nitrogens with two attached hydrogens (primary N) is 1. The maximum atomic E-state index is 8.62. The number of amidine groups is 1. The second-order valence-electron chi connectivity index (χ2n) is 3.34. The molecule has 1 aromatic heterocycles. The zero-order chi connectivity index (χ0) is 11.4. The number of benzene rings is 1. The molecule has 0 aliphatic rings. The fraction of sp³-hybridized carbons (Fsp3) is 0.0909. The molecule has 0 bridgehead atoms. The molecule has 1 heterocycles. The van der Waals surface area contributed by atoms with E-state index in [1.165, 1.54) is 0 Å². The van der Waals surface area contributed by atoms with Gasteiger partial charge in [0, 0.05) is 6.20 Å². The SMILES string of the molecule is N/C(=N/O)c1ccnn1Cc1ccccc1. The van der Waals surface area contributed by atoms with E-state index in [1.54, 1.807) is 16.9 Å². The third kappa shape index (κ3) is 2.03. The monoisotopic (exact) mass is 216 g/mol. The summed E-state index contributed by atoms with van der Waals surface area (Å²) in [6.45, 7) is 0.597. The minimum atomic E-state index is 0.0634. The molecular weight excluding hydrogens is 204 g/mol. The molecule has 3 N–H and O–H groups in total. The van der Waals surface area contributed by atoms with Crippen LogP contribution in [0.25, 0.3) is 0 Å². The van der Waals surface area contributed by atoms with Gasteiger partial charge < -0.3 is 10.9 Å². The number of oxime groups is 1. The van der Waals surface area contributed by atoms with Crippen LogP contribution in [-0.4, -0.2) is 20.8 Å². The average molecular weight is 216 g/mol. The van der Waals surface area contributed by atoms with E-state index in [0.29, 0.717) is 12.2 Å². The van der Waals surface area contributed by atoms with Crippen molar-refractivity contribution in [2.45, 2.75) is 6.54 Å². The summed E-state index contributed by atoms with van der Waals surface area (Å²) in [6.07, 6.45) is 1.62. The molecule has 2 aromatic rings. The van der Waals surface area contributed by atoms with E-state index in [1.807, 2.05) is 30.3 Å². The van der Waals surface area contributed by atoms with Crippen LogP contribution in [-0.2, 0) is 6.54 Å². The van der Waals surface area contributed by atoms with E-state index < -0.39 is 0 Å². The lowest BCUT2D eigenvalue weighted by molar-refractivity contribution is 0.318. The zero-order valence-electron chi connectivity index (χ0n) is 8.61. The van der Waals surface area contributed by atoms with Crippen LogP contribution in [0.5, 0.6) is 0 Å². The number of rotatable bonds is 3. The van der Waals surface area contributed by atoms with Gasteiger partial charge in [-0.05, 0) is 11.6 Å². The molecule has 0 atom stereocenters. The third-order valence-electron chi connectivity index (χ3n) is 2.26. The Morgan fingerprint density at radius 2 is 2.06 bits per heavy atom. The predicted octanol–water partition coefficient (Wildman–Crippen LogP) is 1.03. The second-order valence-corrected chi connectivity index (χ2v) is 3.34. The zero-order valence-corrected chi connectivity index (χ0v) is 8.61. The predicted molar refractivity (Wildman–Crippen MR) is 60.3 cm³/mol. The second kappa shape index (κ2) is 4.48. The smallest absolute Gasteiger partial charge is 0.188 e. The Kier molecular flexibility index (Phi) is 2.86. The Balaban J connectivity index is 2.26. The lowest BCUT2D eigenvalue weighted by Gasteiger charge is -2.05. The minimum absolute atomic E-state index is 0.0634. The largest absolute Gasteiger partial charge is 0.409 e. The Morgan fingerprint density at radius 3 is 2.75 bits per heavy atom. The van der Waals surface area contributed by atoms with Crippen LogP contribution < -0.4 is 5.73 Å². The van der Waals surface area contributed by atoms with Crippen molar-refractivity contribution in [1.82, 2.24) is 9.78 Å². The fourth-order valence-corrected chi connectivity index (χ4v) is 1.48. The van der Waals surface area contributed by atoms with Crippen molar-refractivity contribution in [2.75, 3.05) is 0 Å². The highest BCUT2D eigenvalue weighted by Crippen LogP contribution is 2.05. The van der Waals surface area contributed by atoms with E-state index in [0.717, 1.165) is 5.56 Å². The number of hydrogen-bond acceptors (Lipinski definition) is 3. The van der Waals surface area contributed by atoms with Gasteiger partial charge in [0.2, 0.25) is 0 Å². The van der Waals surface area contributed by atoms with Gasteiger partial charge in [-0.25, -0.2) is 0 Å². The molecule has 0 unspecified atom stereocenters. The van der Waals surface area contributed by atoms with Gasteiger partial charge in [-0.1, -0.05) is 35.5 Å². The van der Waals surface area contributed by atoms with Gasteiger partial charge in [0.1, 0.15) is 5.69 Å². The van der Waals surface area contributed by atoms with Gasteiger partial charge in [-0.15, -0.1) is 0 Å². The van der Waals surface area contributed by atoms with E-state index in [2.05, 4.69) is 10.3 Å². The van der Waals surface area contributed by atoms with E-state index in [-0.39, 0.29) is 5.84 Å². The standard InChI is InChI=1S/C11H12N4O/c12-11(14-16)10-6-7-13-15(10)8-9-4-2-1-3-5-9/h1-7,16H,8H2,(H2,12,14). The molecule has 16 heavy (non-hydrogen) atoms. The minimum Gasteiger partial charge on any atom is -0.409 e. The summed E-state index contributed by atoms with van der Waals surface area (Å²) in [7, 11) is 0. The van der Waals surface area contributed by atoms with Crippen molar-refractivity contribution in [1.29, 1.82) is 0 Å². The summed E-state index contributed by atoms with van der Waals surface area (Å²) in [4.78, 5) is 0. The number of aromatic nitrogens is 2. The van der Waals surface area contributed by atoms with Crippen molar-refractivity contribution in [3.8, 4) is 0 Å². The molecule has 5 nitrogen and oxygen atoms in total. The summed E-state index contributed by atoms with van der Waals surface area (Å²) in [5.41, 5.74) is 7.24. The molecule has 0 aliphatic carbocycles. The molecule has 0 amide bonds. The lowest BCUT2D eigenvalue weighted by atomic mass is 10.2. The molecule has 0 fully saturated rings. The Bertz CT molecular complexity index is 490. The highest BCUT2D eigenvalue weighted by Gasteiger charge is 2.07. The molecule has 2 rings (SSSR count). The normalized spacial score (nSPS) is 11.6. The van der Waals surface area contributed by atoms with Crippen molar-refractivity contribution < 1.29 is 5.21 Å². The first-order valence-corrected chi connectivity index (χ1v) is 4.85. The topological polar surface area (TPSA) is 76.4 Å². The summed E-state index contributed by atoms with van der Waals surface area (Å²) < 4.78 is 1.68. The van der Waals surface area contributed by atoms with Crippen LogP contribution in [0.1, 0.15) is 11.3 Å². The fourth-order valence-electron chi connectivity index (χ4n) is 1.48. The molecule has 0 radical (unpaired) electrons. The van der Waals surface area contributed by atoms with Crippen molar-refractivity contribution in [3.05, 3.63) is 53.9 Å². The van der Waals surface area contributed by atoms with Crippen LogP contribution in [0.2, 0.25) is 0 Å². The number of nitrogens with zero attached hydrogens (tertiary/aromatic N) is 3. The quantitative estimate of drug-likeness (QED) is 0.348. The molecule has 0 saturated heterocycles. The van der Waals surface area contributed by atoms with Crippen LogP contribution in [0, 0.1) is 0 Å². The molecule has 5 heteroatoms. The summed E-state index contributed by atoms with van der Waals surface area (Å²) >= 11 is 0. The first-order valence-electron chi connectivity index (χ1n) is 4.85. The van der Waals surface area contributed by atoms with Gasteiger partial charge in [0.25, 0.3) is 0 Å². The summed E-state index contributed by atoms with van der Waals surface area (Å²) in [5.74, 6) is 0.0634. The first-order chi connectivity index (χ1) is 7.81. The van der Waals surface area contributed by atoms with E-state index in [9.17, 15) is 0 Å². The molecule has 0 saturated carbocycles. The highest BCUT2D eigenvalue weighted by molar-refractivity contribution is 5.95. The molecule has 1 aromatic carbocycles. The van der Waals surface area contributed by atoms with Gasteiger partial charge in [-0.3, -0.25) is 4.68 Å². The first kappa shape index (κ1) is 10.2. The van der Waals surface area contributed by atoms with Crippen molar-refractivity contribution in [3.63, 3.8) is 0 Å². The van der Waals surface area contributed by atoms with Crippen LogP contribution in [0.15, 0.2) is 47.8 Å². The van der Waals surface area contributed by atoms with E-state index in [4.69, 9.17) is 10.9 Å². The van der Waals surface area contributed by atoms with Crippen LogP contribution in [0.4, 0.5) is 0 Å². The summed E-state index contributed by atoms with van der Waals surface area (Å²) in [6, 6.07) is 11.6. The van der Waals surface area contributed by atoms with Gasteiger partial charge in [0.15, 0.2) is 5.84 Å². The molecular formula is C11H12N4O. The third-order valence-corrected chi connectivity index (χ3v) is 2.26. The maximum absolute atomic E-state index is 8.62. The van der Waals surface area contributed by atoms with Gasteiger partial charge in [-0.2, -0.15) is 5.10 Å². The molecule has 0 aliphatic heterocycles. The van der Waals surface area contributed by atoms with Crippen LogP contribution in [0.3, 0.4) is 0 Å². The Morgan fingerprint density at radius 1 is 1.31 bits per heavy atom.